The van der Waals surface area contributed by atoms with Crippen molar-refractivity contribution in [2.75, 3.05) is 6.54 Å². The van der Waals surface area contributed by atoms with Crippen molar-refractivity contribution >= 4 is 24.1 Å². The van der Waals surface area contributed by atoms with Crippen LogP contribution in [0, 0.1) is 5.92 Å². The number of amides is 1. The van der Waals surface area contributed by atoms with Crippen molar-refractivity contribution in [1.82, 2.24) is 10.3 Å². The fraction of sp³-hybridized carbons (Fsp3) is 0.333. The van der Waals surface area contributed by atoms with Crippen molar-refractivity contribution in [3.05, 3.63) is 59.4 Å². The molecular weight excluding hydrogens is 383 g/mol. The smallest absolute Gasteiger partial charge is 0.355 e. The van der Waals surface area contributed by atoms with E-state index in [9.17, 15) is 22.8 Å². The molecule has 3 rings (SSSR count). The van der Waals surface area contributed by atoms with E-state index in [0.29, 0.717) is 30.5 Å². The first-order valence-electron chi connectivity index (χ1n) is 9.25. The highest BCUT2D eigenvalue weighted by molar-refractivity contribution is 5.97. The van der Waals surface area contributed by atoms with Crippen LogP contribution in [0.5, 0.6) is 0 Å². The van der Waals surface area contributed by atoms with Crippen LogP contribution in [-0.2, 0) is 22.2 Å². The predicted octanol–water partition coefficient (Wildman–Crippen LogP) is 3.85. The summed E-state index contributed by atoms with van der Waals surface area (Å²) in [5.74, 6) is -1.60. The largest absolute Gasteiger partial charge is 0.416 e. The Morgan fingerprint density at radius 1 is 1.17 bits per heavy atom. The number of fused-ring (bicyclic) bond motifs is 1. The van der Waals surface area contributed by atoms with Crippen LogP contribution in [0.1, 0.15) is 35.4 Å². The first-order chi connectivity index (χ1) is 13.9. The maximum absolute atomic E-state index is 13.1. The second-order valence-corrected chi connectivity index (χ2v) is 6.82. The van der Waals surface area contributed by atoms with Gasteiger partial charge in [0.15, 0.2) is 0 Å². The topological polar surface area (TPSA) is 71.4 Å². The van der Waals surface area contributed by atoms with E-state index in [1.54, 1.807) is 12.4 Å². The number of aldehydes is 1. The highest BCUT2D eigenvalue weighted by Crippen LogP contribution is 2.42. The first kappa shape index (κ1) is 20.7. The summed E-state index contributed by atoms with van der Waals surface area (Å²) in [6.45, 7) is 0.378. The van der Waals surface area contributed by atoms with E-state index in [1.165, 1.54) is 12.3 Å². The number of carbonyl (C=O) groups is 2. The fourth-order valence-corrected chi connectivity index (χ4v) is 3.43. The van der Waals surface area contributed by atoms with Crippen LogP contribution >= 0.6 is 0 Å². The third-order valence-electron chi connectivity index (χ3n) is 4.92. The van der Waals surface area contributed by atoms with Crippen molar-refractivity contribution in [3.63, 3.8) is 0 Å². The Morgan fingerprint density at radius 2 is 1.93 bits per heavy atom. The van der Waals surface area contributed by atoms with Crippen LogP contribution in [0.25, 0.3) is 0 Å². The molecule has 1 aliphatic rings. The third-order valence-corrected chi connectivity index (χ3v) is 4.92. The second-order valence-electron chi connectivity index (χ2n) is 6.82. The minimum atomic E-state index is -4.49. The average Bonchev–Trinajstić information content (AvgIpc) is 2.71. The molecule has 2 heterocycles. The van der Waals surface area contributed by atoms with Gasteiger partial charge in [-0.25, -0.2) is 0 Å². The van der Waals surface area contributed by atoms with E-state index in [-0.39, 0.29) is 18.7 Å². The number of halogens is 3. The summed E-state index contributed by atoms with van der Waals surface area (Å²) in [6.07, 6.45) is 2.02. The van der Waals surface area contributed by atoms with E-state index >= 15 is 0 Å². The summed E-state index contributed by atoms with van der Waals surface area (Å²) >= 11 is 0. The van der Waals surface area contributed by atoms with E-state index < -0.39 is 23.6 Å². The molecule has 1 aromatic heterocycles. The maximum Gasteiger partial charge on any atom is 0.416 e. The predicted molar refractivity (Wildman–Crippen MR) is 102 cm³/mol. The van der Waals surface area contributed by atoms with Gasteiger partial charge in [0.2, 0.25) is 5.91 Å². The molecule has 0 bridgehead atoms. The number of rotatable bonds is 7. The van der Waals surface area contributed by atoms with Crippen molar-refractivity contribution < 1.29 is 22.8 Å². The number of carbonyl (C=O) groups excluding carboxylic acids is 2. The van der Waals surface area contributed by atoms with Crippen LogP contribution in [0.15, 0.2) is 47.7 Å². The van der Waals surface area contributed by atoms with Gasteiger partial charge in [-0.15, -0.1) is 0 Å². The van der Waals surface area contributed by atoms with Crippen molar-refractivity contribution in [3.8, 4) is 0 Å². The molecule has 1 aromatic carbocycles. The molecule has 5 nitrogen and oxygen atoms in total. The van der Waals surface area contributed by atoms with Crippen LogP contribution in [0.2, 0.25) is 0 Å². The Morgan fingerprint density at radius 3 is 2.62 bits per heavy atom. The lowest BCUT2D eigenvalue weighted by Gasteiger charge is -2.28. The zero-order chi connectivity index (χ0) is 20.9. The first-order valence-corrected chi connectivity index (χ1v) is 9.25. The van der Waals surface area contributed by atoms with Gasteiger partial charge in [-0.1, -0.05) is 0 Å². The molecular formula is C21H20F3N3O2. The van der Waals surface area contributed by atoms with E-state index in [4.69, 9.17) is 0 Å². The van der Waals surface area contributed by atoms with Gasteiger partial charge >= 0.3 is 6.18 Å². The monoisotopic (exact) mass is 403 g/mol. The molecule has 0 radical (unpaired) electrons. The number of hydrogen-bond donors (Lipinski definition) is 1. The lowest BCUT2D eigenvalue weighted by atomic mass is 9.79. The SMILES string of the molecule is O=CCCC1c2cc(C(F)(F)F)ccc2N=CC1C(=O)NCCc1ccncc1. The molecule has 8 heteroatoms. The number of nitrogens with one attached hydrogen (secondary N) is 1. The highest BCUT2D eigenvalue weighted by Gasteiger charge is 2.36. The molecule has 1 amide bonds. The second kappa shape index (κ2) is 8.98. The normalized spacial score (nSPS) is 18.2. The molecule has 0 aliphatic carbocycles. The lowest BCUT2D eigenvalue weighted by Crippen LogP contribution is -2.37. The van der Waals surface area contributed by atoms with Gasteiger partial charge in [-0.05, 0) is 54.3 Å². The van der Waals surface area contributed by atoms with Gasteiger partial charge in [0, 0.05) is 37.5 Å². The van der Waals surface area contributed by atoms with Gasteiger partial charge in [0.1, 0.15) is 6.29 Å². The summed E-state index contributed by atoms with van der Waals surface area (Å²) in [6, 6.07) is 7.01. The van der Waals surface area contributed by atoms with Gasteiger partial charge in [0.25, 0.3) is 0 Å². The molecule has 0 fully saturated rings. The number of alkyl halides is 3. The Kier molecular flexibility index (Phi) is 6.41. The maximum atomic E-state index is 13.1. The van der Waals surface area contributed by atoms with E-state index in [2.05, 4.69) is 15.3 Å². The Bertz CT molecular complexity index is 898. The number of benzene rings is 1. The van der Waals surface area contributed by atoms with Gasteiger partial charge in [0.05, 0.1) is 17.2 Å². The van der Waals surface area contributed by atoms with E-state index in [0.717, 1.165) is 17.7 Å². The molecule has 1 N–H and O–H groups in total. The molecule has 0 saturated heterocycles. The van der Waals surface area contributed by atoms with Crippen LogP contribution in [-0.4, -0.2) is 29.9 Å². The summed E-state index contributed by atoms with van der Waals surface area (Å²) in [5, 5.41) is 2.82. The highest BCUT2D eigenvalue weighted by atomic mass is 19.4. The van der Waals surface area contributed by atoms with Crippen molar-refractivity contribution in [1.29, 1.82) is 0 Å². The minimum Gasteiger partial charge on any atom is -0.355 e. The van der Waals surface area contributed by atoms with Gasteiger partial charge in [-0.3, -0.25) is 14.8 Å². The average molecular weight is 403 g/mol. The zero-order valence-electron chi connectivity index (χ0n) is 15.5. The molecule has 1 aliphatic heterocycles. The van der Waals surface area contributed by atoms with E-state index in [1.807, 2.05) is 12.1 Å². The fourth-order valence-electron chi connectivity index (χ4n) is 3.43. The lowest BCUT2D eigenvalue weighted by molar-refractivity contribution is -0.137. The standard InChI is InChI=1S/C21H20F3N3O2/c22-21(23,24)15-3-4-19-17(12-15)16(2-1-11-28)18(13-27-19)20(29)26-10-7-14-5-8-25-9-6-14/h3-6,8-9,11-13,16,18H,1-2,7,10H2,(H,26,29). The van der Waals surface area contributed by atoms with Crippen molar-refractivity contribution in [2.24, 2.45) is 10.9 Å². The molecule has 2 atom stereocenters. The summed E-state index contributed by atoms with van der Waals surface area (Å²) in [7, 11) is 0. The molecule has 152 valence electrons. The number of pyridine rings is 1. The molecule has 29 heavy (non-hydrogen) atoms. The number of nitrogens with zero attached hydrogens (tertiary/aromatic N) is 2. The van der Waals surface area contributed by atoms with Crippen LogP contribution in [0.4, 0.5) is 18.9 Å². The van der Waals surface area contributed by atoms with Crippen LogP contribution in [0.3, 0.4) is 0 Å². The van der Waals surface area contributed by atoms with Gasteiger partial charge < -0.3 is 10.1 Å². The zero-order valence-corrected chi connectivity index (χ0v) is 15.5. The Labute approximate surface area is 166 Å². The molecule has 2 unspecified atom stereocenters. The molecule has 0 spiro atoms. The number of aliphatic imine (C=N–C) groups is 1. The quantitative estimate of drug-likeness (QED) is 0.714. The molecule has 0 saturated carbocycles. The number of aromatic nitrogens is 1. The third kappa shape index (κ3) is 5.07. The molecule has 2 aromatic rings. The van der Waals surface area contributed by atoms with Crippen LogP contribution < -0.4 is 5.32 Å². The number of hydrogen-bond acceptors (Lipinski definition) is 4. The Hall–Kier alpha value is -3.03. The Balaban J connectivity index is 1.77. The summed E-state index contributed by atoms with van der Waals surface area (Å²) < 4.78 is 39.4. The summed E-state index contributed by atoms with van der Waals surface area (Å²) in [5.41, 5.74) is 0.963. The summed E-state index contributed by atoms with van der Waals surface area (Å²) in [4.78, 5) is 31.7. The van der Waals surface area contributed by atoms with Crippen molar-refractivity contribution in [2.45, 2.75) is 31.4 Å². The van der Waals surface area contributed by atoms with Gasteiger partial charge in [-0.2, -0.15) is 13.2 Å². The minimum absolute atomic E-state index is 0.148.